The van der Waals surface area contributed by atoms with Gasteiger partial charge in [-0.15, -0.1) is 0 Å². The molecule has 200 valence electrons. The SMILES string of the molecule is CC1(C)C2=C(CN1C(=O)[C@H](COCc1ccccc1)c1ccccc1)C(NC(=O)C1([Si](C)(C)C)CC1)=NC2. The first-order valence-electron chi connectivity index (χ1n) is 13.6. The van der Waals surface area contributed by atoms with Crippen LogP contribution in [0, 0.1) is 0 Å². The highest BCUT2D eigenvalue weighted by Crippen LogP contribution is 2.60. The van der Waals surface area contributed by atoms with Crippen molar-refractivity contribution >= 4 is 25.7 Å². The zero-order valence-electron chi connectivity index (χ0n) is 23.2. The minimum Gasteiger partial charge on any atom is -0.376 e. The summed E-state index contributed by atoms with van der Waals surface area (Å²) in [6.45, 7) is 12.7. The van der Waals surface area contributed by atoms with Crippen LogP contribution in [0.2, 0.25) is 24.7 Å². The lowest BCUT2D eigenvalue weighted by molar-refractivity contribution is -0.137. The molecule has 2 aliphatic heterocycles. The molecule has 0 spiro atoms. The summed E-state index contributed by atoms with van der Waals surface area (Å²) in [4.78, 5) is 34.2. The molecule has 0 unspecified atom stereocenters. The number of aliphatic imine (C=N–C) groups is 1. The Morgan fingerprint density at radius 2 is 1.66 bits per heavy atom. The van der Waals surface area contributed by atoms with Crippen molar-refractivity contribution in [1.82, 2.24) is 10.2 Å². The smallest absolute Gasteiger partial charge is 0.233 e. The molecule has 1 fully saturated rings. The average Bonchev–Trinajstić information content (AvgIpc) is 3.56. The van der Waals surface area contributed by atoms with E-state index in [-0.39, 0.29) is 16.9 Å². The number of ether oxygens (including phenoxy) is 1. The fourth-order valence-corrected chi connectivity index (χ4v) is 8.30. The highest BCUT2D eigenvalue weighted by atomic mass is 28.3. The molecule has 0 aromatic heterocycles. The summed E-state index contributed by atoms with van der Waals surface area (Å²) in [7, 11) is -1.65. The fourth-order valence-electron chi connectivity index (χ4n) is 5.93. The van der Waals surface area contributed by atoms with Gasteiger partial charge < -0.3 is 15.0 Å². The number of amides is 2. The number of carbonyl (C=O) groups excluding carboxylic acids is 2. The van der Waals surface area contributed by atoms with E-state index in [9.17, 15) is 9.59 Å². The summed E-state index contributed by atoms with van der Waals surface area (Å²) in [5, 5.41) is 3.00. The van der Waals surface area contributed by atoms with Gasteiger partial charge >= 0.3 is 0 Å². The van der Waals surface area contributed by atoms with Crippen molar-refractivity contribution in [2.24, 2.45) is 4.99 Å². The summed E-state index contributed by atoms with van der Waals surface area (Å²) in [6, 6.07) is 19.9. The van der Waals surface area contributed by atoms with Gasteiger partial charge in [-0.1, -0.05) is 80.3 Å². The van der Waals surface area contributed by atoms with Crippen molar-refractivity contribution in [3.63, 3.8) is 0 Å². The first-order valence-corrected chi connectivity index (χ1v) is 17.1. The zero-order chi connectivity index (χ0) is 27.1. The van der Waals surface area contributed by atoms with Crippen LogP contribution in [0.1, 0.15) is 43.7 Å². The largest absolute Gasteiger partial charge is 0.376 e. The Bertz CT molecular complexity index is 1270. The van der Waals surface area contributed by atoms with Crippen LogP contribution in [-0.4, -0.2) is 55.9 Å². The van der Waals surface area contributed by atoms with Crippen LogP contribution in [0.4, 0.5) is 0 Å². The van der Waals surface area contributed by atoms with E-state index in [0.29, 0.717) is 32.1 Å². The third kappa shape index (κ3) is 4.78. The summed E-state index contributed by atoms with van der Waals surface area (Å²) in [5.41, 5.74) is 3.65. The third-order valence-electron chi connectivity index (χ3n) is 8.79. The standard InChI is InChI=1S/C31H39N3O3Si/c1-30(2)26-18-32-27(33-29(36)31(16-17-31)38(3,4)5)24(26)19-34(30)28(35)25(23-14-10-7-11-15-23)21-37-20-22-12-8-6-9-13-22/h6-15,25H,16-21H2,1-5H3,(H,32,33,36)/t25-/m1/s1. The molecule has 7 heteroatoms. The first kappa shape index (κ1) is 26.6. The molecule has 0 bridgehead atoms. The van der Waals surface area contributed by atoms with Gasteiger partial charge in [0.05, 0.1) is 45.8 Å². The summed E-state index contributed by atoms with van der Waals surface area (Å²) >= 11 is 0. The monoisotopic (exact) mass is 529 g/mol. The van der Waals surface area contributed by atoms with Gasteiger partial charge in [0, 0.05) is 10.6 Å². The van der Waals surface area contributed by atoms with Gasteiger partial charge in [-0.05, 0) is 43.4 Å². The molecule has 5 rings (SSSR count). The Morgan fingerprint density at radius 3 is 2.26 bits per heavy atom. The lowest BCUT2D eigenvalue weighted by Crippen LogP contribution is -2.49. The Hall–Kier alpha value is -3.03. The maximum absolute atomic E-state index is 14.2. The molecule has 2 aromatic rings. The van der Waals surface area contributed by atoms with E-state index in [4.69, 9.17) is 9.73 Å². The minimum absolute atomic E-state index is 0.0371. The van der Waals surface area contributed by atoms with Crippen LogP contribution >= 0.6 is 0 Å². The van der Waals surface area contributed by atoms with Crippen LogP contribution in [-0.2, 0) is 20.9 Å². The number of benzene rings is 2. The molecule has 2 aromatic carbocycles. The minimum atomic E-state index is -1.65. The number of amidine groups is 1. The normalized spacial score (nSPS) is 20.1. The molecular weight excluding hydrogens is 490 g/mol. The van der Waals surface area contributed by atoms with Gasteiger partial charge in [-0.2, -0.15) is 0 Å². The molecular formula is C31H39N3O3Si. The number of hydrogen-bond acceptors (Lipinski definition) is 4. The maximum atomic E-state index is 14.2. The molecule has 1 aliphatic carbocycles. The van der Waals surface area contributed by atoms with E-state index in [1.165, 1.54) is 0 Å². The Labute approximate surface area is 227 Å². The third-order valence-corrected chi connectivity index (χ3v) is 12.4. The zero-order valence-corrected chi connectivity index (χ0v) is 24.2. The first-order chi connectivity index (χ1) is 18.0. The van der Waals surface area contributed by atoms with Crippen molar-refractivity contribution in [1.29, 1.82) is 0 Å². The second kappa shape index (κ2) is 9.93. The number of nitrogens with zero attached hydrogens (tertiary/aromatic N) is 2. The second-order valence-corrected chi connectivity index (χ2v) is 17.8. The molecule has 2 amide bonds. The quantitative estimate of drug-likeness (QED) is 0.472. The van der Waals surface area contributed by atoms with Crippen LogP contribution in [0.3, 0.4) is 0 Å². The number of carbonyl (C=O) groups is 2. The van der Waals surface area contributed by atoms with E-state index in [1.54, 1.807) is 0 Å². The Kier molecular flexibility index (Phi) is 6.94. The molecule has 38 heavy (non-hydrogen) atoms. The average molecular weight is 530 g/mol. The number of rotatable bonds is 8. The van der Waals surface area contributed by atoms with Crippen LogP contribution < -0.4 is 5.32 Å². The van der Waals surface area contributed by atoms with Gasteiger partial charge in [0.25, 0.3) is 0 Å². The summed E-state index contributed by atoms with van der Waals surface area (Å²) in [5.74, 6) is 0.392. The van der Waals surface area contributed by atoms with Crippen LogP contribution in [0.25, 0.3) is 0 Å². The summed E-state index contributed by atoms with van der Waals surface area (Å²) in [6.07, 6.45) is 1.93. The van der Waals surface area contributed by atoms with Crippen molar-refractivity contribution in [3.05, 3.63) is 82.9 Å². The highest BCUT2D eigenvalue weighted by Gasteiger charge is 2.59. The van der Waals surface area contributed by atoms with E-state index >= 15 is 0 Å². The molecule has 3 aliphatic rings. The Balaban J connectivity index is 1.32. The molecule has 1 saturated carbocycles. The molecule has 0 saturated heterocycles. The van der Waals surface area contributed by atoms with Gasteiger partial charge in [0.15, 0.2) is 0 Å². The molecule has 1 N–H and O–H groups in total. The van der Waals surface area contributed by atoms with Crippen molar-refractivity contribution < 1.29 is 14.3 Å². The molecule has 2 heterocycles. The predicted octanol–water partition coefficient (Wildman–Crippen LogP) is 5.31. The lowest BCUT2D eigenvalue weighted by atomic mass is 9.91. The molecule has 1 atom stereocenters. The van der Waals surface area contributed by atoms with Gasteiger partial charge in [0.2, 0.25) is 11.8 Å². The van der Waals surface area contributed by atoms with Gasteiger partial charge in [0.1, 0.15) is 5.84 Å². The van der Waals surface area contributed by atoms with Crippen LogP contribution in [0.5, 0.6) is 0 Å². The topological polar surface area (TPSA) is 71.0 Å². The van der Waals surface area contributed by atoms with Crippen LogP contribution in [0.15, 0.2) is 76.8 Å². The van der Waals surface area contributed by atoms with E-state index in [1.807, 2.05) is 65.6 Å². The van der Waals surface area contributed by atoms with Crippen molar-refractivity contribution in [2.75, 3.05) is 19.7 Å². The van der Waals surface area contributed by atoms with E-state index < -0.39 is 19.5 Å². The number of hydrogen-bond donors (Lipinski definition) is 1. The number of nitrogens with one attached hydrogen (secondary N) is 1. The second-order valence-electron chi connectivity index (χ2n) is 12.4. The van der Waals surface area contributed by atoms with Gasteiger partial charge in [-0.3, -0.25) is 14.6 Å². The van der Waals surface area contributed by atoms with Crippen molar-refractivity contribution in [2.45, 2.75) is 69.4 Å². The van der Waals surface area contributed by atoms with Crippen molar-refractivity contribution in [3.8, 4) is 0 Å². The molecule has 0 radical (unpaired) electrons. The lowest BCUT2D eigenvalue weighted by Gasteiger charge is -2.37. The van der Waals surface area contributed by atoms with Gasteiger partial charge in [-0.25, -0.2) is 0 Å². The predicted molar refractivity (Wildman–Crippen MR) is 154 cm³/mol. The molecule has 6 nitrogen and oxygen atoms in total. The summed E-state index contributed by atoms with van der Waals surface area (Å²) < 4.78 is 6.09. The van der Waals surface area contributed by atoms with E-state index in [2.05, 4.69) is 38.8 Å². The Morgan fingerprint density at radius 1 is 1.03 bits per heavy atom. The maximum Gasteiger partial charge on any atom is 0.233 e. The highest BCUT2D eigenvalue weighted by molar-refractivity contribution is 6.83. The fraction of sp³-hybridized carbons (Fsp3) is 0.452. The van der Waals surface area contributed by atoms with E-state index in [0.717, 1.165) is 35.1 Å².